The molecule has 0 saturated carbocycles. The summed E-state index contributed by atoms with van der Waals surface area (Å²) in [5.41, 5.74) is 1.05. The molecule has 0 fully saturated rings. The molecule has 0 aliphatic rings. The number of rotatable bonds is 7. The fourth-order valence-corrected chi connectivity index (χ4v) is 1.83. The van der Waals surface area contributed by atoms with Gasteiger partial charge in [-0.15, -0.1) is 0 Å². The molecule has 0 radical (unpaired) electrons. The molecule has 2 N–H and O–H groups in total. The van der Waals surface area contributed by atoms with Gasteiger partial charge in [0.1, 0.15) is 6.04 Å². The summed E-state index contributed by atoms with van der Waals surface area (Å²) in [7, 11) is 1.81. The molecule has 1 amide bonds. The highest BCUT2D eigenvalue weighted by Crippen LogP contribution is 2.03. The van der Waals surface area contributed by atoms with Crippen LogP contribution >= 0.6 is 0 Å². The van der Waals surface area contributed by atoms with E-state index in [1.165, 1.54) is 0 Å². The molecule has 0 bridgehead atoms. The number of nitrogens with zero attached hydrogens (tertiary/aromatic N) is 2. The summed E-state index contributed by atoms with van der Waals surface area (Å²) in [6.45, 7) is 4.29. The first kappa shape index (κ1) is 16.1. The number of carbonyl (C=O) groups is 2. The number of likely N-dealkylation sites (N-methyl/N-ethyl adjacent to an activating group) is 1. The standard InChI is InChI=1S/C14H21N3O3/c1-10(2)13(14(19)20)16-12(18)9-17(3)8-11-4-6-15-7-5-11/h4-7,10,13H,8-9H2,1-3H3,(H,16,18)(H,19,20)/t13-/m0/s1. The summed E-state index contributed by atoms with van der Waals surface area (Å²) in [5, 5.41) is 11.6. The highest BCUT2D eigenvalue weighted by molar-refractivity contribution is 5.84. The van der Waals surface area contributed by atoms with Crippen molar-refractivity contribution in [3.8, 4) is 0 Å². The molecule has 0 spiro atoms. The highest BCUT2D eigenvalue weighted by atomic mass is 16.4. The second-order valence-electron chi connectivity index (χ2n) is 5.16. The Morgan fingerprint density at radius 3 is 2.45 bits per heavy atom. The van der Waals surface area contributed by atoms with E-state index in [0.717, 1.165) is 5.56 Å². The van der Waals surface area contributed by atoms with E-state index < -0.39 is 12.0 Å². The van der Waals surface area contributed by atoms with E-state index in [2.05, 4.69) is 10.3 Å². The molecular formula is C14H21N3O3. The van der Waals surface area contributed by atoms with Crippen molar-refractivity contribution in [3.05, 3.63) is 30.1 Å². The third kappa shape index (κ3) is 5.36. The van der Waals surface area contributed by atoms with Crippen molar-refractivity contribution in [2.45, 2.75) is 26.4 Å². The van der Waals surface area contributed by atoms with Crippen LogP contribution in [-0.4, -0.2) is 46.5 Å². The number of carboxylic acid groups (broad SMARTS) is 1. The van der Waals surface area contributed by atoms with Crippen LogP contribution in [0.15, 0.2) is 24.5 Å². The number of amides is 1. The van der Waals surface area contributed by atoms with Gasteiger partial charge in [-0.1, -0.05) is 13.8 Å². The monoisotopic (exact) mass is 279 g/mol. The van der Waals surface area contributed by atoms with E-state index in [1.807, 2.05) is 24.1 Å². The molecule has 0 unspecified atom stereocenters. The van der Waals surface area contributed by atoms with Gasteiger partial charge in [0.2, 0.25) is 5.91 Å². The second kappa shape index (κ2) is 7.59. The van der Waals surface area contributed by atoms with E-state index in [9.17, 15) is 9.59 Å². The van der Waals surface area contributed by atoms with Gasteiger partial charge in [-0.25, -0.2) is 4.79 Å². The fourth-order valence-electron chi connectivity index (χ4n) is 1.83. The average molecular weight is 279 g/mol. The number of carboxylic acids is 1. The first-order valence-corrected chi connectivity index (χ1v) is 6.49. The summed E-state index contributed by atoms with van der Waals surface area (Å²) >= 11 is 0. The minimum atomic E-state index is -1.01. The second-order valence-corrected chi connectivity index (χ2v) is 5.16. The van der Waals surface area contributed by atoms with Crippen molar-refractivity contribution >= 4 is 11.9 Å². The SMILES string of the molecule is CC(C)[C@H](NC(=O)CN(C)Cc1ccncc1)C(=O)O. The highest BCUT2D eigenvalue weighted by Gasteiger charge is 2.23. The smallest absolute Gasteiger partial charge is 0.326 e. The van der Waals surface area contributed by atoms with Crippen LogP contribution in [0.4, 0.5) is 0 Å². The molecule has 0 aliphatic carbocycles. The molecule has 1 aromatic heterocycles. The van der Waals surface area contributed by atoms with Crippen LogP contribution in [0.5, 0.6) is 0 Å². The number of nitrogens with one attached hydrogen (secondary N) is 1. The zero-order chi connectivity index (χ0) is 15.1. The summed E-state index contributed by atoms with van der Waals surface area (Å²) < 4.78 is 0. The first-order valence-electron chi connectivity index (χ1n) is 6.49. The third-order valence-electron chi connectivity index (χ3n) is 2.86. The van der Waals surface area contributed by atoms with Crippen LogP contribution in [0, 0.1) is 5.92 Å². The van der Waals surface area contributed by atoms with Crippen molar-refractivity contribution in [3.63, 3.8) is 0 Å². The number of aromatic nitrogens is 1. The molecular weight excluding hydrogens is 258 g/mol. The van der Waals surface area contributed by atoms with Gasteiger partial charge in [-0.2, -0.15) is 0 Å². The molecule has 20 heavy (non-hydrogen) atoms. The predicted octanol–water partition coefficient (Wildman–Crippen LogP) is 0.739. The van der Waals surface area contributed by atoms with Crippen LogP contribution in [0.3, 0.4) is 0 Å². The van der Waals surface area contributed by atoms with E-state index in [4.69, 9.17) is 5.11 Å². The number of hydrogen-bond donors (Lipinski definition) is 2. The number of pyridine rings is 1. The molecule has 1 atom stereocenters. The van der Waals surface area contributed by atoms with E-state index in [1.54, 1.807) is 26.2 Å². The lowest BCUT2D eigenvalue weighted by Gasteiger charge is -2.21. The lowest BCUT2D eigenvalue weighted by Crippen LogP contribution is -2.47. The Hall–Kier alpha value is -1.95. The summed E-state index contributed by atoms with van der Waals surface area (Å²) in [6.07, 6.45) is 3.39. The van der Waals surface area contributed by atoms with Gasteiger partial charge < -0.3 is 10.4 Å². The minimum Gasteiger partial charge on any atom is -0.480 e. The Kier molecular flexibility index (Phi) is 6.11. The Bertz CT molecular complexity index is 448. The van der Waals surface area contributed by atoms with Crippen molar-refractivity contribution in [1.29, 1.82) is 0 Å². The zero-order valence-corrected chi connectivity index (χ0v) is 12.0. The molecule has 1 aromatic rings. The van der Waals surface area contributed by atoms with Crippen LogP contribution in [-0.2, 0) is 16.1 Å². The van der Waals surface area contributed by atoms with Crippen LogP contribution in [0.2, 0.25) is 0 Å². The van der Waals surface area contributed by atoms with E-state index >= 15 is 0 Å². The maximum atomic E-state index is 11.8. The number of carbonyl (C=O) groups excluding carboxylic acids is 1. The Morgan fingerprint density at radius 1 is 1.35 bits per heavy atom. The van der Waals surface area contributed by atoms with Crippen LogP contribution in [0.25, 0.3) is 0 Å². The van der Waals surface area contributed by atoms with Gasteiger partial charge in [-0.05, 0) is 30.7 Å². The number of hydrogen-bond acceptors (Lipinski definition) is 4. The summed E-state index contributed by atoms with van der Waals surface area (Å²) in [4.78, 5) is 28.6. The Balaban J connectivity index is 2.47. The van der Waals surface area contributed by atoms with Crippen LogP contribution in [0.1, 0.15) is 19.4 Å². The molecule has 1 rings (SSSR count). The first-order chi connectivity index (χ1) is 9.40. The average Bonchev–Trinajstić information content (AvgIpc) is 2.36. The summed E-state index contributed by atoms with van der Waals surface area (Å²) in [6, 6.07) is 2.90. The topological polar surface area (TPSA) is 82.5 Å². The van der Waals surface area contributed by atoms with Gasteiger partial charge in [0.25, 0.3) is 0 Å². The zero-order valence-electron chi connectivity index (χ0n) is 12.0. The molecule has 6 heteroatoms. The quantitative estimate of drug-likeness (QED) is 0.769. The molecule has 0 saturated heterocycles. The van der Waals surface area contributed by atoms with Crippen molar-refractivity contribution < 1.29 is 14.7 Å². The van der Waals surface area contributed by atoms with Crippen molar-refractivity contribution in [2.24, 2.45) is 5.92 Å². The molecule has 0 aliphatic heterocycles. The maximum absolute atomic E-state index is 11.8. The fraction of sp³-hybridized carbons (Fsp3) is 0.500. The number of aliphatic carboxylic acids is 1. The predicted molar refractivity (Wildman–Crippen MR) is 75.0 cm³/mol. The Morgan fingerprint density at radius 2 is 1.95 bits per heavy atom. The largest absolute Gasteiger partial charge is 0.480 e. The van der Waals surface area contributed by atoms with E-state index in [0.29, 0.717) is 6.54 Å². The van der Waals surface area contributed by atoms with Gasteiger partial charge in [0, 0.05) is 18.9 Å². The maximum Gasteiger partial charge on any atom is 0.326 e. The molecule has 0 aromatic carbocycles. The normalized spacial score (nSPS) is 12.4. The molecule has 1 heterocycles. The third-order valence-corrected chi connectivity index (χ3v) is 2.86. The Labute approximate surface area is 118 Å². The van der Waals surface area contributed by atoms with Gasteiger partial charge in [-0.3, -0.25) is 14.7 Å². The summed E-state index contributed by atoms with van der Waals surface area (Å²) in [5.74, 6) is -1.45. The molecule has 110 valence electrons. The van der Waals surface area contributed by atoms with Crippen LogP contribution < -0.4 is 5.32 Å². The van der Waals surface area contributed by atoms with Gasteiger partial charge in [0.05, 0.1) is 6.54 Å². The van der Waals surface area contributed by atoms with Gasteiger partial charge >= 0.3 is 5.97 Å². The minimum absolute atomic E-state index is 0.151. The van der Waals surface area contributed by atoms with Crippen molar-refractivity contribution in [2.75, 3.05) is 13.6 Å². The van der Waals surface area contributed by atoms with Gasteiger partial charge in [0.15, 0.2) is 0 Å². The lowest BCUT2D eigenvalue weighted by molar-refractivity contribution is -0.143. The van der Waals surface area contributed by atoms with Crippen molar-refractivity contribution in [1.82, 2.24) is 15.2 Å². The molecule has 6 nitrogen and oxygen atoms in total. The lowest BCUT2D eigenvalue weighted by atomic mass is 10.0. The van der Waals surface area contributed by atoms with E-state index in [-0.39, 0.29) is 18.4 Å².